The number of nitrogens with one attached hydrogen (secondary N) is 3. The number of ether oxygens (including phenoxy) is 8. The second kappa shape index (κ2) is 48.4. The predicted molar refractivity (Wildman–Crippen MR) is 493 cm³/mol. The van der Waals surface area contributed by atoms with Crippen molar-refractivity contribution in [2.45, 2.75) is 282 Å². The molecule has 44 heteroatoms. The van der Waals surface area contributed by atoms with Crippen molar-refractivity contribution in [1.82, 2.24) is 36.2 Å². The van der Waals surface area contributed by atoms with E-state index in [4.69, 9.17) is 43.0 Å². The van der Waals surface area contributed by atoms with E-state index in [1.807, 2.05) is 97.0 Å². The van der Waals surface area contributed by atoms with Gasteiger partial charge < -0.3 is 104 Å². The van der Waals surface area contributed by atoms with Crippen molar-refractivity contribution in [3.63, 3.8) is 0 Å². The Labute approximate surface area is 821 Å². The minimum atomic E-state index is -5.29. The molecule has 0 spiro atoms. The number of carbonyl (C=O) groups is 13. The molecule has 13 atom stereocenters. The third-order valence-corrected chi connectivity index (χ3v) is 25.6. The fraction of sp³-hybridized carbons (Fsp3) is 0.500. The molecule has 0 bridgehead atoms. The quantitative estimate of drug-likeness (QED) is 0.00996. The number of H-pyrrole nitrogens is 1. The Balaban J connectivity index is 0.000000216. The molecule has 13 N–H and O–H groups in total. The van der Waals surface area contributed by atoms with Crippen molar-refractivity contribution >= 4 is 76.3 Å². The number of aliphatic hydroxyl groups excluding tert-OH is 2. The molecule has 1 aromatic heterocycles. The zero-order chi connectivity index (χ0) is 106. The van der Waals surface area contributed by atoms with Gasteiger partial charge in [-0.1, -0.05) is 153 Å². The smallest absolute Gasteiger partial charge is 0.471 e. The lowest BCUT2D eigenvalue weighted by Crippen LogP contribution is -2.57. The fourth-order valence-corrected chi connectivity index (χ4v) is 18.2. The molecular formula is C100H117F6N7O31. The topological polar surface area (TPSA) is 580 Å². The first kappa shape index (κ1) is 113. The largest absolute Gasteiger partial charge is 0.507 e. The minimum absolute atomic E-state index is 0.00489. The first-order chi connectivity index (χ1) is 68.0. The number of unbranched alkanes of at least 4 members (excludes halogenated alkanes) is 3. The molecule has 2 fully saturated rings. The Morgan fingerprint density at radius 3 is 1.30 bits per heavy atom. The van der Waals surface area contributed by atoms with Crippen LogP contribution in [0.5, 0.6) is 34.5 Å². The number of alkyl halides is 6. The lowest BCUT2D eigenvalue weighted by molar-refractivity contribution is -0.251. The molecule has 4 aliphatic carbocycles. The summed E-state index contributed by atoms with van der Waals surface area (Å²) in [5.74, 6) is -16.8. The number of halogens is 6. The van der Waals surface area contributed by atoms with Crippen LogP contribution in [-0.2, 0) is 91.0 Å². The third kappa shape index (κ3) is 25.6. The molecule has 13 rings (SSSR count). The van der Waals surface area contributed by atoms with Crippen LogP contribution in [0.3, 0.4) is 0 Å². The number of hydrogen-bond acceptors (Lipinski definition) is 32. The van der Waals surface area contributed by atoms with E-state index in [1.165, 1.54) is 69.4 Å². The monoisotopic (exact) mass is 2030 g/mol. The number of benzene rings is 6. The average Bonchev–Trinajstić information content (AvgIpc) is 0.866. The number of aromatic hydroxyl groups is 4. The van der Waals surface area contributed by atoms with Gasteiger partial charge in [-0.3, -0.25) is 57.5 Å². The van der Waals surface area contributed by atoms with Crippen LogP contribution in [0.15, 0.2) is 84.9 Å². The number of aromatic nitrogens is 4. The molecule has 7 aromatic rings. The van der Waals surface area contributed by atoms with Crippen molar-refractivity contribution in [3.05, 3.63) is 157 Å². The Kier molecular flexibility index (Phi) is 37.9. The molecule has 0 radical (unpaired) electrons. The summed E-state index contributed by atoms with van der Waals surface area (Å²) in [4.78, 5) is 167. The number of aliphatic carboxylic acids is 2. The highest BCUT2D eigenvalue weighted by Crippen LogP contribution is 2.56. The Hall–Kier alpha value is -13.2. The van der Waals surface area contributed by atoms with Gasteiger partial charge in [0.05, 0.1) is 90.0 Å². The SMILES string of the molecule is CCCC(CCC)C(=O)O.CCCCC(=O)N(Cc1ccc(-c2ccccc2-c2nnn[nH]2)cc1)[C@H](C(=O)O)C(C)C.CCCCC(=O)OCC(=O)[C@]1(O)Cc2c(O)c3c(c(O)c2[C@@H](O[C@H]2C[C@H](NC(=O)C(F)(F)F)[C@H](O)[C@H](C)O2)C1)C(=O)c1c(OC)cccc1C3=O.CCCCC(=O)OCC(=O)[C@]1(O)Cc2c(O)c3c(c(O)c2[C@@H](O[C@H]2C[C@H](NC(=O)C(F)(F)F)[C@H](O)[C@H](C)O2)C1)C(=O)c1c(OC)cccc1C3=O. The number of carboxylic acid groups (broad SMARTS) is 2. The van der Waals surface area contributed by atoms with Crippen LogP contribution >= 0.6 is 0 Å². The molecule has 2 saturated heterocycles. The number of amides is 3. The fourth-order valence-electron chi connectivity index (χ4n) is 18.2. The first-order valence-corrected chi connectivity index (χ1v) is 47.0. The molecule has 0 saturated carbocycles. The van der Waals surface area contributed by atoms with Crippen molar-refractivity contribution in [1.29, 1.82) is 0 Å². The molecule has 2 aliphatic heterocycles. The van der Waals surface area contributed by atoms with Gasteiger partial charge >= 0.3 is 48.0 Å². The van der Waals surface area contributed by atoms with Gasteiger partial charge in [0.15, 0.2) is 43.2 Å². The van der Waals surface area contributed by atoms with Gasteiger partial charge in [-0.05, 0) is 91.1 Å². The first-order valence-electron chi connectivity index (χ1n) is 47.0. The van der Waals surface area contributed by atoms with Gasteiger partial charge in [0.2, 0.25) is 29.0 Å². The number of methoxy groups -OCH3 is 2. The van der Waals surface area contributed by atoms with Crippen LogP contribution in [0.25, 0.3) is 22.5 Å². The van der Waals surface area contributed by atoms with Crippen LogP contribution in [0.2, 0.25) is 0 Å². The summed E-state index contributed by atoms with van der Waals surface area (Å²) in [6.07, 6.45) is -19.1. The normalized spacial score (nSPS) is 21.6. The average molecular weight is 2030 g/mol. The number of hydrogen-bond donors (Lipinski definition) is 13. The molecule has 6 aromatic carbocycles. The molecule has 144 heavy (non-hydrogen) atoms. The van der Waals surface area contributed by atoms with Gasteiger partial charge in [0.1, 0.15) is 63.9 Å². The van der Waals surface area contributed by atoms with Gasteiger partial charge in [-0.15, -0.1) is 5.10 Å². The van der Waals surface area contributed by atoms with E-state index in [1.54, 1.807) is 10.6 Å². The molecule has 38 nitrogen and oxygen atoms in total. The number of ketones is 6. The molecule has 3 amide bonds. The highest BCUT2D eigenvalue weighted by atomic mass is 19.4. The van der Waals surface area contributed by atoms with E-state index in [9.17, 15) is 135 Å². The highest BCUT2D eigenvalue weighted by Gasteiger charge is 2.55. The van der Waals surface area contributed by atoms with E-state index >= 15 is 0 Å². The Morgan fingerprint density at radius 2 is 0.931 bits per heavy atom. The van der Waals surface area contributed by atoms with E-state index in [0.717, 1.165) is 60.8 Å². The third-order valence-electron chi connectivity index (χ3n) is 25.6. The van der Waals surface area contributed by atoms with Gasteiger partial charge in [0.25, 0.3) is 0 Å². The van der Waals surface area contributed by atoms with Gasteiger partial charge in [0, 0.05) is 103 Å². The summed E-state index contributed by atoms with van der Waals surface area (Å²) >= 11 is 0. The Morgan fingerprint density at radius 1 is 0.528 bits per heavy atom. The lowest BCUT2D eigenvalue weighted by Gasteiger charge is -2.43. The van der Waals surface area contributed by atoms with Crippen molar-refractivity contribution in [3.8, 4) is 57.0 Å². The predicted octanol–water partition coefficient (Wildman–Crippen LogP) is 11.4. The number of carbonyl (C=O) groups excluding carboxylic acids is 11. The van der Waals surface area contributed by atoms with Crippen molar-refractivity contribution < 1.29 is 178 Å². The van der Waals surface area contributed by atoms with E-state index in [-0.39, 0.29) is 93.1 Å². The summed E-state index contributed by atoms with van der Waals surface area (Å²) in [7, 11) is 2.50. The number of rotatable bonds is 35. The number of esters is 2. The summed E-state index contributed by atoms with van der Waals surface area (Å²) < 4.78 is 122. The van der Waals surface area contributed by atoms with Crippen LogP contribution in [0, 0.1) is 11.8 Å². The molecule has 780 valence electrons. The van der Waals surface area contributed by atoms with Gasteiger partial charge in [-0.2, -0.15) is 26.3 Å². The number of aliphatic hydroxyl groups is 4. The number of phenolic OH excluding ortho intramolecular Hbond substituents is 4. The number of Topliss-reactive ketones (excluding diaryl/α,β-unsaturated/α-hetero) is 2. The number of carboxylic acids is 2. The lowest BCUT2D eigenvalue weighted by atomic mass is 9.72. The number of nitrogens with zero attached hydrogens (tertiary/aromatic N) is 4. The number of phenols is 4. The van der Waals surface area contributed by atoms with Gasteiger partial charge in [-0.25, -0.2) is 9.89 Å². The van der Waals surface area contributed by atoms with E-state index in [0.29, 0.717) is 37.9 Å². The maximum absolute atomic E-state index is 13.9. The number of fused-ring (bicyclic) bond motifs is 6. The second-order valence-corrected chi connectivity index (χ2v) is 36.1. The van der Waals surface area contributed by atoms with Crippen LogP contribution in [0.4, 0.5) is 26.3 Å². The minimum Gasteiger partial charge on any atom is -0.507 e. The standard InChI is InChI=1S/2C34H36F3NO13.C24H29N5O3.C8H16O2/c2*1-4-5-9-21(40)49-13-20(39)33(47)11-16-24(19(12-33)51-22-10-17(27(41)14(2)50-22)38-32(46)34(35,36)37)31(45)26-25(29(16)43)28(42)15-7-6-8-18(48-3)23(15)30(26)44;1-4-5-10-21(30)29(22(16(2)3)24(31)32)15-17-11-13-18(14-12-17)19-8-6-7-9-20(19)23-25-27-28-26-23;1-3-5-7(6-4-2)8(9)10/h2*6-8,14,17,19,22,27,41,43,45,47H,4-5,9-13H2,1-3H3,(H,38,46);6-9,11-14,16,22H,4-5,10,15H2,1-3H3,(H,31,32)(H,25,26,27,28);7H,3-6H2,1-2H3,(H,9,10)/t2*14-,17-,19-,22-,27+,33-;22-;/m000./s1. The molecule has 6 aliphatic rings. The number of aromatic amines is 1. The van der Waals surface area contributed by atoms with Crippen molar-refractivity contribution in [2.24, 2.45) is 11.8 Å². The van der Waals surface area contributed by atoms with E-state index in [2.05, 4.69) is 20.6 Å². The molecular weight excluding hydrogens is 1910 g/mol. The maximum atomic E-state index is 13.9. The van der Waals surface area contributed by atoms with Crippen LogP contribution in [-0.4, -0.2) is 259 Å². The number of tetrazole rings is 1. The summed E-state index contributed by atoms with van der Waals surface area (Å²) in [6.45, 7) is 14.4. The maximum Gasteiger partial charge on any atom is 0.471 e. The summed E-state index contributed by atoms with van der Waals surface area (Å²) in [5, 5.41) is 127. The molecule has 3 heterocycles. The Bertz CT molecular complexity index is 5660. The van der Waals surface area contributed by atoms with Crippen LogP contribution < -0.4 is 20.1 Å². The van der Waals surface area contributed by atoms with Crippen LogP contribution in [0.1, 0.15) is 275 Å². The highest BCUT2D eigenvalue weighted by molar-refractivity contribution is 6.32. The molecule has 0 unspecified atom stereocenters. The summed E-state index contributed by atoms with van der Waals surface area (Å²) in [6, 6.07) is 19.9. The second-order valence-electron chi connectivity index (χ2n) is 36.1. The zero-order valence-corrected chi connectivity index (χ0v) is 80.7. The van der Waals surface area contributed by atoms with Crippen molar-refractivity contribution in [2.75, 3.05) is 27.4 Å². The zero-order valence-electron chi connectivity index (χ0n) is 80.7. The van der Waals surface area contributed by atoms with E-state index < -0.39 is 258 Å². The summed E-state index contributed by atoms with van der Waals surface area (Å²) in [5.41, 5.74) is -5.99.